The summed E-state index contributed by atoms with van der Waals surface area (Å²) < 4.78 is 15.0. The van der Waals surface area contributed by atoms with E-state index in [-0.39, 0.29) is 17.6 Å². The van der Waals surface area contributed by atoms with Crippen molar-refractivity contribution in [2.75, 3.05) is 7.05 Å². The standard InChI is InChI=1S/C16H18FN7O/c1-23(9-14-18-12-6-5-10(17)8-13(12)19-14)16(25)11-4-2-3-7-24-15(11)20-21-22-24/h5-6,8,11H,2-4,7,9H2,1H3,(H,18,19). The second kappa shape index (κ2) is 6.23. The molecule has 1 amide bonds. The molecule has 1 atom stereocenters. The average molecular weight is 343 g/mol. The number of imidazole rings is 1. The average Bonchev–Trinajstić information content (AvgIpc) is 3.15. The number of tetrazole rings is 1. The highest BCUT2D eigenvalue weighted by molar-refractivity contribution is 5.82. The lowest BCUT2D eigenvalue weighted by Gasteiger charge is -2.21. The number of amides is 1. The van der Waals surface area contributed by atoms with Crippen molar-refractivity contribution >= 4 is 16.9 Å². The van der Waals surface area contributed by atoms with E-state index in [1.54, 1.807) is 22.7 Å². The molecule has 1 aromatic carbocycles. The van der Waals surface area contributed by atoms with Gasteiger partial charge in [-0.05, 0) is 41.5 Å². The molecule has 0 saturated heterocycles. The van der Waals surface area contributed by atoms with Crippen LogP contribution in [0.2, 0.25) is 0 Å². The SMILES string of the molecule is CN(Cc1nc2ccc(F)cc2[nH]1)C(=O)C1CCCCn2nnnc21. The van der Waals surface area contributed by atoms with Gasteiger partial charge in [0.25, 0.3) is 0 Å². The third-order valence-electron chi connectivity index (χ3n) is 4.54. The zero-order valence-electron chi connectivity index (χ0n) is 13.8. The molecule has 0 fully saturated rings. The third kappa shape index (κ3) is 2.97. The van der Waals surface area contributed by atoms with Gasteiger partial charge in [-0.25, -0.2) is 14.1 Å². The van der Waals surface area contributed by atoms with Crippen LogP contribution >= 0.6 is 0 Å². The number of H-pyrrole nitrogens is 1. The van der Waals surface area contributed by atoms with Crippen LogP contribution in [-0.2, 0) is 17.9 Å². The van der Waals surface area contributed by atoms with Crippen molar-refractivity contribution in [1.82, 2.24) is 35.1 Å². The largest absolute Gasteiger partial charge is 0.340 e. The first-order valence-electron chi connectivity index (χ1n) is 8.27. The van der Waals surface area contributed by atoms with E-state index in [2.05, 4.69) is 25.5 Å². The normalized spacial score (nSPS) is 17.3. The summed E-state index contributed by atoms with van der Waals surface area (Å²) in [6.45, 7) is 1.05. The van der Waals surface area contributed by atoms with E-state index >= 15 is 0 Å². The molecule has 0 saturated carbocycles. The predicted molar refractivity (Wildman–Crippen MR) is 86.9 cm³/mol. The molecule has 9 heteroatoms. The molecule has 3 aromatic rings. The molecule has 3 heterocycles. The predicted octanol–water partition coefficient (Wildman–Crippen LogP) is 1.61. The molecular weight excluding hydrogens is 325 g/mol. The molecule has 25 heavy (non-hydrogen) atoms. The van der Waals surface area contributed by atoms with Crippen LogP contribution in [0.25, 0.3) is 11.0 Å². The van der Waals surface area contributed by atoms with Gasteiger partial charge in [0.15, 0.2) is 5.82 Å². The highest BCUT2D eigenvalue weighted by atomic mass is 19.1. The van der Waals surface area contributed by atoms with Crippen LogP contribution in [-0.4, -0.2) is 48.0 Å². The number of rotatable bonds is 3. The molecule has 2 aromatic heterocycles. The molecule has 8 nitrogen and oxygen atoms in total. The number of hydrogen-bond acceptors (Lipinski definition) is 5. The lowest BCUT2D eigenvalue weighted by atomic mass is 10.0. The first kappa shape index (κ1) is 15.7. The van der Waals surface area contributed by atoms with Crippen LogP contribution in [0.15, 0.2) is 18.2 Å². The number of carbonyl (C=O) groups is 1. The van der Waals surface area contributed by atoms with Crippen LogP contribution in [0.4, 0.5) is 4.39 Å². The summed E-state index contributed by atoms with van der Waals surface area (Å²) in [6.07, 6.45) is 2.63. The van der Waals surface area contributed by atoms with E-state index in [0.29, 0.717) is 29.2 Å². The van der Waals surface area contributed by atoms with E-state index in [1.807, 2.05) is 0 Å². The van der Waals surface area contributed by atoms with Crippen LogP contribution in [0, 0.1) is 5.82 Å². The Morgan fingerprint density at radius 1 is 1.44 bits per heavy atom. The lowest BCUT2D eigenvalue weighted by Crippen LogP contribution is -2.32. The number of nitrogens with zero attached hydrogens (tertiary/aromatic N) is 6. The smallest absolute Gasteiger partial charge is 0.233 e. The molecule has 130 valence electrons. The van der Waals surface area contributed by atoms with Gasteiger partial charge in [0.2, 0.25) is 5.91 Å². The number of nitrogens with one attached hydrogen (secondary N) is 1. The zero-order chi connectivity index (χ0) is 17.4. The summed E-state index contributed by atoms with van der Waals surface area (Å²) in [5.74, 6) is 0.539. The zero-order valence-corrected chi connectivity index (χ0v) is 13.8. The number of carbonyl (C=O) groups excluding carboxylic acids is 1. The van der Waals surface area contributed by atoms with Gasteiger partial charge in [0, 0.05) is 13.6 Å². The first-order chi connectivity index (χ1) is 12.1. The van der Waals surface area contributed by atoms with Crippen molar-refractivity contribution in [2.45, 2.75) is 38.3 Å². The van der Waals surface area contributed by atoms with Crippen LogP contribution in [0.1, 0.15) is 36.8 Å². The second-order valence-electron chi connectivity index (χ2n) is 6.35. The minimum absolute atomic E-state index is 0.0374. The Kier molecular flexibility index (Phi) is 3.90. The third-order valence-corrected chi connectivity index (χ3v) is 4.54. The van der Waals surface area contributed by atoms with Gasteiger partial charge in [0.1, 0.15) is 11.6 Å². The van der Waals surface area contributed by atoms with E-state index in [0.717, 1.165) is 25.8 Å². The fourth-order valence-corrected chi connectivity index (χ4v) is 3.27. The maximum Gasteiger partial charge on any atom is 0.233 e. The molecule has 1 aliphatic rings. The molecule has 1 N–H and O–H groups in total. The minimum atomic E-state index is -0.343. The number of halogens is 1. The van der Waals surface area contributed by atoms with Gasteiger partial charge < -0.3 is 9.88 Å². The van der Waals surface area contributed by atoms with Gasteiger partial charge in [-0.1, -0.05) is 6.42 Å². The number of aromatic amines is 1. The van der Waals surface area contributed by atoms with Crippen LogP contribution in [0.5, 0.6) is 0 Å². The van der Waals surface area contributed by atoms with Crippen molar-refractivity contribution in [3.63, 3.8) is 0 Å². The van der Waals surface area contributed by atoms with Crippen molar-refractivity contribution in [3.8, 4) is 0 Å². The summed E-state index contributed by atoms with van der Waals surface area (Å²) in [6, 6.07) is 4.38. The molecule has 0 bridgehead atoms. The Bertz CT molecular complexity index is 918. The van der Waals surface area contributed by atoms with Crippen molar-refractivity contribution in [2.24, 2.45) is 0 Å². The minimum Gasteiger partial charge on any atom is -0.340 e. The number of benzene rings is 1. The van der Waals surface area contributed by atoms with E-state index < -0.39 is 0 Å². The van der Waals surface area contributed by atoms with Crippen LogP contribution in [0.3, 0.4) is 0 Å². The maximum atomic E-state index is 13.3. The number of hydrogen-bond donors (Lipinski definition) is 1. The van der Waals surface area contributed by atoms with Crippen molar-refractivity contribution in [3.05, 3.63) is 35.7 Å². The molecule has 0 radical (unpaired) electrons. The molecule has 0 spiro atoms. The molecule has 0 aliphatic carbocycles. The highest BCUT2D eigenvalue weighted by Gasteiger charge is 2.30. The van der Waals surface area contributed by atoms with Gasteiger partial charge in [0.05, 0.1) is 23.5 Å². The lowest BCUT2D eigenvalue weighted by molar-refractivity contribution is -0.132. The van der Waals surface area contributed by atoms with E-state index in [9.17, 15) is 9.18 Å². The van der Waals surface area contributed by atoms with Crippen molar-refractivity contribution < 1.29 is 9.18 Å². The maximum absolute atomic E-state index is 13.3. The Morgan fingerprint density at radius 3 is 3.20 bits per heavy atom. The topological polar surface area (TPSA) is 92.6 Å². The Labute approximate surface area is 143 Å². The summed E-state index contributed by atoms with van der Waals surface area (Å²) in [5.41, 5.74) is 1.30. The summed E-state index contributed by atoms with van der Waals surface area (Å²) in [4.78, 5) is 22.0. The van der Waals surface area contributed by atoms with Gasteiger partial charge in [-0.2, -0.15) is 0 Å². The monoisotopic (exact) mass is 343 g/mol. The van der Waals surface area contributed by atoms with Crippen LogP contribution < -0.4 is 0 Å². The quantitative estimate of drug-likeness (QED) is 0.780. The first-order valence-corrected chi connectivity index (χ1v) is 8.27. The van der Waals surface area contributed by atoms with Gasteiger partial charge in [-0.3, -0.25) is 4.79 Å². The fourth-order valence-electron chi connectivity index (χ4n) is 3.27. The summed E-state index contributed by atoms with van der Waals surface area (Å²) in [5, 5.41) is 11.7. The number of fused-ring (bicyclic) bond motifs is 2. The molecule has 4 rings (SSSR count). The Hall–Kier alpha value is -2.84. The molecule has 1 aliphatic heterocycles. The van der Waals surface area contributed by atoms with E-state index in [1.165, 1.54) is 12.1 Å². The van der Waals surface area contributed by atoms with Gasteiger partial charge >= 0.3 is 0 Å². The Morgan fingerprint density at radius 2 is 2.32 bits per heavy atom. The number of likely N-dealkylation sites (N-methyl/N-ethyl adjacent to an activating group) is 1. The van der Waals surface area contributed by atoms with E-state index in [4.69, 9.17) is 0 Å². The Balaban J connectivity index is 1.54. The van der Waals surface area contributed by atoms with Gasteiger partial charge in [-0.15, -0.1) is 5.10 Å². The second-order valence-corrected chi connectivity index (χ2v) is 6.35. The summed E-state index contributed by atoms with van der Waals surface area (Å²) >= 11 is 0. The summed E-state index contributed by atoms with van der Waals surface area (Å²) in [7, 11) is 1.73. The molecular formula is C16H18FN7O. The number of aromatic nitrogens is 6. The van der Waals surface area contributed by atoms with Crippen molar-refractivity contribution in [1.29, 1.82) is 0 Å². The number of aryl methyl sites for hydroxylation is 1. The fraction of sp³-hybridized carbons (Fsp3) is 0.438. The highest BCUT2D eigenvalue weighted by Crippen LogP contribution is 2.26. The molecule has 1 unspecified atom stereocenters.